The van der Waals surface area contributed by atoms with Gasteiger partial charge in [0.2, 0.25) is 0 Å². The van der Waals surface area contributed by atoms with Gasteiger partial charge in [0, 0.05) is 31.2 Å². The van der Waals surface area contributed by atoms with Crippen LogP contribution in [0.15, 0.2) is 30.5 Å². The van der Waals surface area contributed by atoms with Gasteiger partial charge in [-0.25, -0.2) is 4.79 Å². The van der Waals surface area contributed by atoms with E-state index in [1.807, 2.05) is 24.9 Å². The summed E-state index contributed by atoms with van der Waals surface area (Å²) in [7, 11) is 0. The zero-order valence-electron chi connectivity index (χ0n) is 13.4. The molecule has 2 aromatic rings. The van der Waals surface area contributed by atoms with Crippen molar-refractivity contribution in [2.24, 2.45) is 0 Å². The molecule has 3 rings (SSSR count). The number of nitrogens with zero attached hydrogens (tertiary/aromatic N) is 1. The lowest BCUT2D eigenvalue weighted by molar-refractivity contribution is 0.0109. The molecule has 0 aliphatic carbocycles. The maximum Gasteiger partial charge on any atom is 0.410 e. The molecule has 1 aromatic carbocycles. The molecule has 1 aliphatic heterocycles. The molecule has 0 spiro atoms. The van der Waals surface area contributed by atoms with E-state index in [9.17, 15) is 4.79 Å². The number of hydrogen-bond acceptors (Lipinski definition) is 2. The Kier molecular flexibility index (Phi) is 4.10. The standard InChI is InChI=1S/C18H24N2O2/c1-18(2,22-17(21)20-10-4-3-5-11-20)13-14-6-7-16-15(12-14)8-9-19-16/h6-9,12,19H,3-5,10-11,13H2,1-2H3. The van der Waals surface area contributed by atoms with Crippen LogP contribution in [0.1, 0.15) is 38.7 Å². The highest BCUT2D eigenvalue weighted by molar-refractivity contribution is 5.80. The molecular formula is C18H24N2O2. The molecule has 1 saturated heterocycles. The molecule has 2 heterocycles. The summed E-state index contributed by atoms with van der Waals surface area (Å²) in [5.74, 6) is 0. The van der Waals surface area contributed by atoms with Gasteiger partial charge in [0.25, 0.3) is 0 Å². The van der Waals surface area contributed by atoms with E-state index in [4.69, 9.17) is 4.74 Å². The second-order valence-corrected chi connectivity index (χ2v) is 6.75. The van der Waals surface area contributed by atoms with Gasteiger partial charge in [-0.2, -0.15) is 0 Å². The van der Waals surface area contributed by atoms with E-state index in [0.29, 0.717) is 6.42 Å². The molecule has 0 saturated carbocycles. The average Bonchev–Trinajstić information content (AvgIpc) is 2.94. The van der Waals surface area contributed by atoms with Crippen LogP contribution >= 0.6 is 0 Å². The number of carbonyl (C=O) groups excluding carboxylic acids is 1. The van der Waals surface area contributed by atoms with E-state index in [-0.39, 0.29) is 6.09 Å². The SMILES string of the molecule is CC(C)(Cc1ccc2[nH]ccc2c1)OC(=O)N1CCCCC1. The van der Waals surface area contributed by atoms with E-state index in [1.54, 1.807) is 0 Å². The van der Waals surface area contributed by atoms with Crippen LogP contribution in [0.25, 0.3) is 10.9 Å². The van der Waals surface area contributed by atoms with Crippen molar-refractivity contribution in [1.82, 2.24) is 9.88 Å². The van der Waals surface area contributed by atoms with Gasteiger partial charge >= 0.3 is 6.09 Å². The summed E-state index contributed by atoms with van der Waals surface area (Å²) in [6.45, 7) is 5.61. The first-order valence-electron chi connectivity index (χ1n) is 8.07. The predicted molar refractivity (Wildman–Crippen MR) is 88.0 cm³/mol. The van der Waals surface area contributed by atoms with Crippen molar-refractivity contribution in [3.8, 4) is 0 Å². The van der Waals surface area contributed by atoms with E-state index >= 15 is 0 Å². The Balaban J connectivity index is 1.65. The summed E-state index contributed by atoms with van der Waals surface area (Å²) in [5, 5.41) is 1.19. The van der Waals surface area contributed by atoms with Crippen LogP contribution in [0.5, 0.6) is 0 Å². The first-order valence-corrected chi connectivity index (χ1v) is 8.07. The van der Waals surface area contributed by atoms with Gasteiger partial charge < -0.3 is 14.6 Å². The van der Waals surface area contributed by atoms with E-state index in [1.165, 1.54) is 17.4 Å². The van der Waals surface area contributed by atoms with Crippen molar-refractivity contribution in [2.75, 3.05) is 13.1 Å². The van der Waals surface area contributed by atoms with Crippen molar-refractivity contribution in [3.05, 3.63) is 36.0 Å². The van der Waals surface area contributed by atoms with Crippen LogP contribution in [-0.4, -0.2) is 34.7 Å². The molecule has 22 heavy (non-hydrogen) atoms. The largest absolute Gasteiger partial charge is 0.443 e. The van der Waals surface area contributed by atoms with Crippen LogP contribution in [0.2, 0.25) is 0 Å². The zero-order valence-corrected chi connectivity index (χ0v) is 13.4. The topological polar surface area (TPSA) is 45.3 Å². The fraction of sp³-hybridized carbons (Fsp3) is 0.500. The molecule has 1 amide bonds. The van der Waals surface area contributed by atoms with E-state index < -0.39 is 5.60 Å². The Morgan fingerprint density at radius 3 is 2.77 bits per heavy atom. The van der Waals surface area contributed by atoms with Gasteiger partial charge in [0.15, 0.2) is 0 Å². The maximum absolute atomic E-state index is 12.3. The summed E-state index contributed by atoms with van der Waals surface area (Å²) < 4.78 is 5.75. The van der Waals surface area contributed by atoms with Crippen molar-refractivity contribution in [2.45, 2.75) is 45.1 Å². The first kappa shape index (κ1) is 14.9. The number of H-pyrrole nitrogens is 1. The average molecular weight is 300 g/mol. The number of nitrogens with one attached hydrogen (secondary N) is 1. The number of benzene rings is 1. The van der Waals surface area contributed by atoms with Crippen molar-refractivity contribution in [3.63, 3.8) is 0 Å². The van der Waals surface area contributed by atoms with Gasteiger partial charge in [-0.05, 0) is 62.3 Å². The quantitative estimate of drug-likeness (QED) is 0.927. The third kappa shape index (κ3) is 3.43. The summed E-state index contributed by atoms with van der Waals surface area (Å²) in [5.41, 5.74) is 1.81. The van der Waals surface area contributed by atoms with E-state index in [0.717, 1.165) is 31.4 Å². The van der Waals surface area contributed by atoms with Crippen LogP contribution in [0.4, 0.5) is 4.79 Å². The van der Waals surface area contributed by atoms with Gasteiger partial charge in [0.1, 0.15) is 5.60 Å². The third-order valence-electron chi connectivity index (χ3n) is 4.23. The molecule has 1 aliphatic rings. The number of carbonyl (C=O) groups is 1. The fourth-order valence-corrected chi connectivity index (χ4v) is 3.12. The second-order valence-electron chi connectivity index (χ2n) is 6.75. The van der Waals surface area contributed by atoms with Crippen molar-refractivity contribution in [1.29, 1.82) is 0 Å². The molecule has 4 heteroatoms. The first-order chi connectivity index (χ1) is 10.5. The number of ether oxygens (including phenoxy) is 1. The molecule has 1 aromatic heterocycles. The molecule has 0 radical (unpaired) electrons. The van der Waals surface area contributed by atoms with Gasteiger partial charge in [0.05, 0.1) is 0 Å². The minimum absolute atomic E-state index is 0.174. The van der Waals surface area contributed by atoms with Crippen LogP contribution in [0, 0.1) is 0 Å². The second kappa shape index (κ2) is 6.03. The summed E-state index contributed by atoms with van der Waals surface area (Å²) in [6, 6.07) is 8.39. The number of likely N-dealkylation sites (tertiary alicyclic amines) is 1. The third-order valence-corrected chi connectivity index (χ3v) is 4.23. The highest BCUT2D eigenvalue weighted by Gasteiger charge is 2.27. The normalized spacial score (nSPS) is 16.0. The summed E-state index contributed by atoms with van der Waals surface area (Å²) in [4.78, 5) is 17.3. The minimum Gasteiger partial charge on any atom is -0.443 e. The van der Waals surface area contributed by atoms with Gasteiger partial charge in [-0.15, -0.1) is 0 Å². The Labute approximate surface area is 131 Å². The van der Waals surface area contributed by atoms with Crippen LogP contribution in [0.3, 0.4) is 0 Å². The monoisotopic (exact) mass is 300 g/mol. The highest BCUT2D eigenvalue weighted by atomic mass is 16.6. The predicted octanol–water partition coefficient (Wildman–Crippen LogP) is 4.11. The summed E-state index contributed by atoms with van der Waals surface area (Å²) in [6.07, 6.45) is 5.86. The number of rotatable bonds is 3. The smallest absolute Gasteiger partial charge is 0.410 e. The number of fused-ring (bicyclic) bond motifs is 1. The number of piperidine rings is 1. The lowest BCUT2D eigenvalue weighted by Gasteiger charge is -2.32. The molecule has 0 unspecified atom stereocenters. The summed E-state index contributed by atoms with van der Waals surface area (Å²) >= 11 is 0. The van der Waals surface area contributed by atoms with Crippen molar-refractivity contribution < 1.29 is 9.53 Å². The van der Waals surface area contributed by atoms with Crippen LogP contribution < -0.4 is 0 Å². The lowest BCUT2D eigenvalue weighted by atomic mass is 9.97. The highest BCUT2D eigenvalue weighted by Crippen LogP contribution is 2.22. The molecule has 4 nitrogen and oxygen atoms in total. The van der Waals surface area contributed by atoms with E-state index in [2.05, 4.69) is 29.2 Å². The number of hydrogen-bond donors (Lipinski definition) is 1. The number of amides is 1. The Morgan fingerprint density at radius 1 is 1.23 bits per heavy atom. The lowest BCUT2D eigenvalue weighted by Crippen LogP contribution is -2.41. The fourth-order valence-electron chi connectivity index (χ4n) is 3.12. The van der Waals surface area contributed by atoms with Crippen LogP contribution in [-0.2, 0) is 11.2 Å². The molecule has 1 fully saturated rings. The number of aromatic amines is 1. The van der Waals surface area contributed by atoms with Gasteiger partial charge in [-0.1, -0.05) is 6.07 Å². The molecule has 0 bridgehead atoms. The Bertz CT molecular complexity index is 654. The Morgan fingerprint density at radius 2 is 2.00 bits per heavy atom. The maximum atomic E-state index is 12.3. The molecule has 118 valence electrons. The number of aromatic nitrogens is 1. The Hall–Kier alpha value is -1.97. The zero-order chi connectivity index (χ0) is 15.6. The van der Waals surface area contributed by atoms with Crippen molar-refractivity contribution >= 4 is 17.0 Å². The van der Waals surface area contributed by atoms with Gasteiger partial charge in [-0.3, -0.25) is 0 Å². The molecular weight excluding hydrogens is 276 g/mol. The molecule has 0 atom stereocenters. The minimum atomic E-state index is -0.501. The molecule has 1 N–H and O–H groups in total.